The molecule has 0 aromatic carbocycles. The highest BCUT2D eigenvalue weighted by Crippen LogP contribution is 3.10. The lowest BCUT2D eigenvalue weighted by atomic mass is 9.81. The number of hydrogen-bond donors (Lipinski definition) is 2. The summed E-state index contributed by atoms with van der Waals surface area (Å²) in [6.07, 6.45) is 2.40. The van der Waals surface area contributed by atoms with Crippen molar-refractivity contribution in [3.8, 4) is 17.3 Å². The molecule has 8 atom stereocenters. The Balaban J connectivity index is 0.959. The van der Waals surface area contributed by atoms with Gasteiger partial charge in [-0.25, -0.2) is 24.9 Å². The van der Waals surface area contributed by atoms with Crippen molar-refractivity contribution in [2.45, 2.75) is 69.6 Å². The van der Waals surface area contributed by atoms with Gasteiger partial charge in [0.25, 0.3) is 0 Å². The first-order valence-corrected chi connectivity index (χ1v) is 16.1. The minimum atomic E-state index is -4.42. The number of aromatic nitrogens is 6. The van der Waals surface area contributed by atoms with Gasteiger partial charge in [0.2, 0.25) is 5.88 Å². The van der Waals surface area contributed by atoms with Gasteiger partial charge in [-0.3, -0.25) is 0 Å². The molecule has 0 bridgehead atoms. The monoisotopic (exact) mass is 604 g/mol. The van der Waals surface area contributed by atoms with Crippen LogP contribution < -0.4 is 15.4 Å². The Kier molecular flexibility index (Phi) is 4.79. The van der Waals surface area contributed by atoms with Crippen LogP contribution in [-0.4, -0.2) is 49.7 Å². The predicted octanol–water partition coefficient (Wildman–Crippen LogP) is 4.75. The number of hydrogen-bond acceptors (Lipinski definition) is 8. The summed E-state index contributed by atoms with van der Waals surface area (Å²) < 4.78 is 48.7. The quantitative estimate of drug-likeness (QED) is 0.380. The van der Waals surface area contributed by atoms with Crippen molar-refractivity contribution in [1.29, 1.82) is 0 Å². The minimum Gasteiger partial charge on any atom is -0.480 e. The first kappa shape index (κ1) is 26.0. The molecule has 6 fully saturated rings. The average Bonchev–Trinajstić information content (AvgIpc) is 3.93. The molecule has 44 heavy (non-hydrogen) atoms. The van der Waals surface area contributed by atoms with E-state index in [-0.39, 0.29) is 16.9 Å². The summed E-state index contributed by atoms with van der Waals surface area (Å²) in [5.74, 6) is 6.53. The predicted molar refractivity (Wildman–Crippen MR) is 153 cm³/mol. The van der Waals surface area contributed by atoms with Gasteiger partial charge < -0.3 is 19.9 Å². The van der Waals surface area contributed by atoms with E-state index in [0.717, 1.165) is 67.1 Å². The Labute approximate surface area is 252 Å². The molecule has 6 saturated carbocycles. The van der Waals surface area contributed by atoms with Crippen molar-refractivity contribution in [2.75, 3.05) is 25.5 Å². The number of fused-ring (bicyclic) bond motifs is 4. The normalized spacial score (nSPS) is 36.6. The van der Waals surface area contributed by atoms with Crippen molar-refractivity contribution >= 4 is 5.82 Å². The molecule has 3 aromatic rings. The van der Waals surface area contributed by atoms with E-state index in [4.69, 9.17) is 14.7 Å². The van der Waals surface area contributed by atoms with Crippen molar-refractivity contribution < 1.29 is 17.9 Å². The summed E-state index contributed by atoms with van der Waals surface area (Å²) in [5, 5.41) is 7.26. The molecule has 1 aliphatic heterocycles. The third kappa shape index (κ3) is 2.99. The van der Waals surface area contributed by atoms with Gasteiger partial charge in [-0.2, -0.15) is 13.2 Å². The zero-order chi connectivity index (χ0) is 29.9. The number of alkyl halides is 3. The molecule has 12 heteroatoms. The number of nitrogens with one attached hydrogen (secondary N) is 2. The molecule has 1 spiro atoms. The molecule has 6 aliphatic carbocycles. The molecular formula is C32H35F3N8O. The molecule has 9 nitrogen and oxygen atoms in total. The molecule has 0 saturated heterocycles. The fourth-order valence-electron chi connectivity index (χ4n) is 10.9. The van der Waals surface area contributed by atoms with Crippen LogP contribution in [0.25, 0.3) is 11.4 Å². The summed E-state index contributed by atoms with van der Waals surface area (Å²) in [4.78, 5) is 23.5. The summed E-state index contributed by atoms with van der Waals surface area (Å²) in [6.45, 7) is 6.32. The Hall–Kier alpha value is -3.28. The molecule has 3 aromatic heterocycles. The fourth-order valence-corrected chi connectivity index (χ4v) is 10.9. The zero-order valence-corrected chi connectivity index (χ0v) is 24.9. The van der Waals surface area contributed by atoms with E-state index in [1.54, 1.807) is 13.4 Å². The van der Waals surface area contributed by atoms with Crippen LogP contribution >= 0.6 is 0 Å². The lowest BCUT2D eigenvalue weighted by Gasteiger charge is -2.28. The van der Waals surface area contributed by atoms with E-state index in [9.17, 15) is 13.2 Å². The number of methoxy groups -OCH3 is 1. The second-order valence-corrected chi connectivity index (χ2v) is 14.5. The Morgan fingerprint density at radius 1 is 1.16 bits per heavy atom. The van der Waals surface area contributed by atoms with E-state index < -0.39 is 11.9 Å². The maximum absolute atomic E-state index is 13.7. The van der Waals surface area contributed by atoms with Crippen molar-refractivity contribution in [1.82, 2.24) is 34.8 Å². The molecule has 0 amide bonds. The van der Waals surface area contributed by atoms with E-state index in [2.05, 4.69) is 25.6 Å². The van der Waals surface area contributed by atoms with Crippen molar-refractivity contribution in [3.63, 3.8) is 0 Å². The third-order valence-electron chi connectivity index (χ3n) is 12.5. The van der Waals surface area contributed by atoms with Crippen LogP contribution in [0.3, 0.4) is 0 Å². The first-order valence-electron chi connectivity index (χ1n) is 16.1. The summed E-state index contributed by atoms with van der Waals surface area (Å²) in [5.41, 5.74) is 3.20. The molecule has 2 N–H and O–H groups in total. The van der Waals surface area contributed by atoms with E-state index in [0.29, 0.717) is 65.5 Å². The minimum absolute atomic E-state index is 0.0507. The van der Waals surface area contributed by atoms with Gasteiger partial charge in [-0.15, -0.1) is 0 Å². The maximum Gasteiger partial charge on any atom is 0.434 e. The second kappa shape index (κ2) is 8.10. The Morgan fingerprint density at radius 2 is 2.00 bits per heavy atom. The summed E-state index contributed by atoms with van der Waals surface area (Å²) >= 11 is 0. The Morgan fingerprint density at radius 3 is 2.75 bits per heavy atom. The SMILES string of the molecule is COc1ncnc(C2CC2)c1-c1nc2c(c(NCC3C4C5CC6(c7nc(C(F)(F)F)cn7C(C)C)C7C3C76C54)n1)CNCC2. The van der Waals surface area contributed by atoms with Gasteiger partial charge in [0.15, 0.2) is 11.5 Å². The van der Waals surface area contributed by atoms with Gasteiger partial charge in [0, 0.05) is 55.2 Å². The zero-order valence-electron chi connectivity index (χ0n) is 24.9. The maximum atomic E-state index is 13.7. The Bertz CT molecular complexity index is 1750. The molecular weight excluding hydrogens is 569 g/mol. The van der Waals surface area contributed by atoms with E-state index in [1.165, 1.54) is 6.20 Å². The van der Waals surface area contributed by atoms with Crippen molar-refractivity contribution in [2.24, 2.45) is 40.9 Å². The number of rotatable bonds is 8. The van der Waals surface area contributed by atoms with Gasteiger partial charge in [0.1, 0.15) is 23.5 Å². The standard InChI is InChI=1S/C32H35F3N8O/c1-13(2)43-11-19(32(33,34)35)41-29(43)30-8-15-20-17(23-25(30)31(23,30)22(15)20)10-37-26-16-9-36-7-6-18(16)40-27(42-26)21-24(14-4-5-14)38-12-39-28(21)44-3/h11-15,17,20,22-23,25,36H,4-10H2,1-3H3,(H,37,40,42). The van der Waals surface area contributed by atoms with Crippen LogP contribution in [0.15, 0.2) is 12.5 Å². The second-order valence-electron chi connectivity index (χ2n) is 14.5. The lowest BCUT2D eigenvalue weighted by molar-refractivity contribution is -0.141. The highest BCUT2D eigenvalue weighted by Gasteiger charge is 3.10. The van der Waals surface area contributed by atoms with Crippen LogP contribution in [0.5, 0.6) is 5.88 Å². The van der Waals surface area contributed by atoms with Gasteiger partial charge in [0.05, 0.1) is 18.5 Å². The lowest BCUT2D eigenvalue weighted by Crippen LogP contribution is -2.31. The highest BCUT2D eigenvalue weighted by atomic mass is 19.4. The van der Waals surface area contributed by atoms with Crippen LogP contribution in [-0.2, 0) is 24.6 Å². The van der Waals surface area contributed by atoms with E-state index >= 15 is 0 Å². The summed E-state index contributed by atoms with van der Waals surface area (Å²) in [7, 11) is 1.63. The molecule has 4 heterocycles. The molecule has 8 unspecified atom stereocenters. The fraction of sp³-hybridized carbons (Fsp3) is 0.656. The largest absolute Gasteiger partial charge is 0.480 e. The molecule has 0 radical (unpaired) electrons. The molecule has 10 rings (SSSR count). The number of imidazole rings is 1. The van der Waals surface area contributed by atoms with Crippen molar-refractivity contribution in [3.05, 3.63) is 41.0 Å². The van der Waals surface area contributed by atoms with Gasteiger partial charge >= 0.3 is 6.18 Å². The molecule has 7 aliphatic rings. The van der Waals surface area contributed by atoms with Gasteiger partial charge in [-0.1, -0.05) is 0 Å². The van der Waals surface area contributed by atoms with Crippen LogP contribution in [0.1, 0.15) is 73.5 Å². The van der Waals surface area contributed by atoms with Gasteiger partial charge in [-0.05, 0) is 74.0 Å². The number of anilines is 1. The number of nitrogens with zero attached hydrogens (tertiary/aromatic N) is 6. The number of halogens is 3. The molecule has 230 valence electrons. The summed E-state index contributed by atoms with van der Waals surface area (Å²) in [6, 6.07) is -0.0507. The topological polar surface area (TPSA) is 103 Å². The first-order chi connectivity index (χ1) is 21.2. The number of ether oxygens (including phenoxy) is 1. The smallest absolute Gasteiger partial charge is 0.434 e. The highest BCUT2D eigenvalue weighted by molar-refractivity contribution is 5.69. The van der Waals surface area contributed by atoms with E-state index in [1.807, 2.05) is 18.4 Å². The van der Waals surface area contributed by atoms with Crippen LogP contribution in [0.2, 0.25) is 0 Å². The van der Waals surface area contributed by atoms with Crippen LogP contribution in [0, 0.1) is 40.9 Å². The third-order valence-corrected chi connectivity index (χ3v) is 12.5. The van der Waals surface area contributed by atoms with Crippen LogP contribution in [0.4, 0.5) is 19.0 Å². The average molecular weight is 605 g/mol.